The molecule has 1 atom stereocenters. The minimum Gasteiger partial charge on any atom is -0.493 e. The largest absolute Gasteiger partial charge is 0.493 e. The SMILES string of the molecule is CCOc1cc2c(cc1/C=N\n1c(C)n[nH]c1=S)O[C@@H](C)C2. The first-order valence-electron chi connectivity index (χ1n) is 7.23. The number of hydrogen-bond donors (Lipinski definition) is 1. The number of aromatic nitrogens is 3. The summed E-state index contributed by atoms with van der Waals surface area (Å²) in [4.78, 5) is 0. The Morgan fingerprint density at radius 1 is 1.59 bits per heavy atom. The maximum atomic E-state index is 5.80. The van der Waals surface area contributed by atoms with Crippen molar-refractivity contribution in [2.24, 2.45) is 5.10 Å². The number of ether oxygens (including phenoxy) is 2. The molecule has 1 N–H and O–H groups in total. The van der Waals surface area contributed by atoms with Crippen LogP contribution in [0.1, 0.15) is 30.8 Å². The zero-order valence-electron chi connectivity index (χ0n) is 12.8. The number of H-pyrrole nitrogens is 1. The number of nitrogens with one attached hydrogen (secondary N) is 1. The second-order valence-electron chi connectivity index (χ2n) is 5.20. The Bertz CT molecular complexity index is 778. The van der Waals surface area contributed by atoms with Gasteiger partial charge in [-0.3, -0.25) is 5.10 Å². The van der Waals surface area contributed by atoms with Gasteiger partial charge in [0.1, 0.15) is 23.4 Å². The molecule has 0 bridgehead atoms. The third kappa shape index (κ3) is 2.76. The number of nitrogens with zero attached hydrogens (tertiary/aromatic N) is 3. The first-order chi connectivity index (χ1) is 10.6. The summed E-state index contributed by atoms with van der Waals surface area (Å²) in [7, 11) is 0. The molecule has 22 heavy (non-hydrogen) atoms. The van der Waals surface area contributed by atoms with Crippen LogP contribution in [0.15, 0.2) is 17.2 Å². The smallest absolute Gasteiger partial charge is 0.216 e. The summed E-state index contributed by atoms with van der Waals surface area (Å²) in [6.07, 6.45) is 2.82. The zero-order chi connectivity index (χ0) is 15.7. The van der Waals surface area contributed by atoms with E-state index in [-0.39, 0.29) is 6.10 Å². The predicted molar refractivity (Wildman–Crippen MR) is 86.5 cm³/mol. The molecule has 0 saturated carbocycles. The quantitative estimate of drug-likeness (QED) is 0.695. The molecule has 0 amide bonds. The molecule has 1 aliphatic heterocycles. The highest BCUT2D eigenvalue weighted by atomic mass is 32.1. The van der Waals surface area contributed by atoms with E-state index in [0.717, 1.165) is 23.5 Å². The van der Waals surface area contributed by atoms with Crippen LogP contribution in [0.3, 0.4) is 0 Å². The molecule has 0 spiro atoms. The van der Waals surface area contributed by atoms with Gasteiger partial charge in [-0.1, -0.05) is 0 Å². The molecule has 0 aliphatic carbocycles. The zero-order valence-corrected chi connectivity index (χ0v) is 13.6. The van der Waals surface area contributed by atoms with Crippen molar-refractivity contribution in [2.45, 2.75) is 33.3 Å². The van der Waals surface area contributed by atoms with Gasteiger partial charge in [-0.05, 0) is 45.1 Å². The second kappa shape index (κ2) is 5.92. The Labute approximate surface area is 133 Å². The molecule has 3 rings (SSSR count). The number of fused-ring (bicyclic) bond motifs is 1. The minimum atomic E-state index is 0.196. The summed E-state index contributed by atoms with van der Waals surface area (Å²) < 4.78 is 13.6. The van der Waals surface area contributed by atoms with Crippen LogP contribution in [0.5, 0.6) is 11.5 Å². The van der Waals surface area contributed by atoms with Crippen molar-refractivity contribution in [3.8, 4) is 11.5 Å². The molecule has 6 nitrogen and oxygen atoms in total. The fourth-order valence-electron chi connectivity index (χ4n) is 2.46. The highest BCUT2D eigenvalue weighted by Gasteiger charge is 2.21. The summed E-state index contributed by atoms with van der Waals surface area (Å²) in [6.45, 7) is 6.45. The third-order valence-corrected chi connectivity index (χ3v) is 3.72. The number of hydrogen-bond acceptors (Lipinski definition) is 5. The fourth-order valence-corrected chi connectivity index (χ4v) is 2.69. The van der Waals surface area contributed by atoms with Crippen LogP contribution >= 0.6 is 12.2 Å². The van der Waals surface area contributed by atoms with Gasteiger partial charge < -0.3 is 9.47 Å². The van der Waals surface area contributed by atoms with Crippen molar-refractivity contribution in [3.63, 3.8) is 0 Å². The van der Waals surface area contributed by atoms with Gasteiger partial charge in [0.25, 0.3) is 0 Å². The van der Waals surface area contributed by atoms with Gasteiger partial charge in [-0.15, -0.1) is 0 Å². The van der Waals surface area contributed by atoms with E-state index in [1.807, 2.05) is 26.0 Å². The maximum Gasteiger partial charge on any atom is 0.216 e. The molecular formula is C15H18N4O2S. The Kier molecular flexibility index (Phi) is 3.98. The predicted octanol–water partition coefficient (Wildman–Crippen LogP) is 2.85. The summed E-state index contributed by atoms with van der Waals surface area (Å²) in [5.74, 6) is 2.39. The van der Waals surface area contributed by atoms with Gasteiger partial charge in [-0.2, -0.15) is 14.9 Å². The van der Waals surface area contributed by atoms with Crippen molar-refractivity contribution < 1.29 is 9.47 Å². The van der Waals surface area contributed by atoms with E-state index in [9.17, 15) is 0 Å². The molecule has 2 heterocycles. The fraction of sp³-hybridized carbons (Fsp3) is 0.400. The summed E-state index contributed by atoms with van der Waals surface area (Å²) in [6, 6.07) is 4.00. The second-order valence-corrected chi connectivity index (χ2v) is 5.58. The molecule has 0 saturated heterocycles. The number of benzene rings is 1. The molecule has 0 fully saturated rings. The maximum absolute atomic E-state index is 5.80. The molecule has 1 aliphatic rings. The van der Waals surface area contributed by atoms with E-state index in [0.29, 0.717) is 17.2 Å². The van der Waals surface area contributed by atoms with Crippen LogP contribution in [0.4, 0.5) is 0 Å². The van der Waals surface area contributed by atoms with Crippen molar-refractivity contribution in [1.29, 1.82) is 0 Å². The average Bonchev–Trinajstić information content (AvgIpc) is 2.99. The van der Waals surface area contributed by atoms with E-state index in [1.165, 1.54) is 5.56 Å². The van der Waals surface area contributed by atoms with E-state index in [1.54, 1.807) is 10.9 Å². The van der Waals surface area contributed by atoms with Gasteiger partial charge in [0.05, 0.1) is 12.8 Å². The Hall–Kier alpha value is -2.15. The van der Waals surface area contributed by atoms with Crippen LogP contribution in [-0.2, 0) is 6.42 Å². The van der Waals surface area contributed by atoms with Crippen molar-refractivity contribution >= 4 is 18.4 Å². The number of rotatable bonds is 4. The molecule has 2 aromatic rings. The third-order valence-electron chi connectivity index (χ3n) is 3.45. The lowest BCUT2D eigenvalue weighted by Gasteiger charge is -2.09. The first kappa shape index (κ1) is 14.8. The molecule has 0 unspecified atom stereocenters. The van der Waals surface area contributed by atoms with Gasteiger partial charge in [0.15, 0.2) is 0 Å². The van der Waals surface area contributed by atoms with Crippen LogP contribution in [0, 0.1) is 11.7 Å². The number of aromatic amines is 1. The van der Waals surface area contributed by atoms with Crippen LogP contribution < -0.4 is 9.47 Å². The Morgan fingerprint density at radius 2 is 2.41 bits per heavy atom. The van der Waals surface area contributed by atoms with E-state index in [4.69, 9.17) is 21.7 Å². The van der Waals surface area contributed by atoms with Gasteiger partial charge in [0, 0.05) is 17.5 Å². The lowest BCUT2D eigenvalue weighted by atomic mass is 10.1. The van der Waals surface area contributed by atoms with E-state index in [2.05, 4.69) is 22.2 Å². The van der Waals surface area contributed by atoms with Gasteiger partial charge >= 0.3 is 0 Å². The molecular weight excluding hydrogens is 300 g/mol. The minimum absolute atomic E-state index is 0.196. The highest BCUT2D eigenvalue weighted by molar-refractivity contribution is 7.71. The van der Waals surface area contributed by atoms with Crippen molar-refractivity contribution in [3.05, 3.63) is 33.9 Å². The van der Waals surface area contributed by atoms with E-state index >= 15 is 0 Å². The van der Waals surface area contributed by atoms with Crippen LogP contribution in [0.2, 0.25) is 0 Å². The lowest BCUT2D eigenvalue weighted by Crippen LogP contribution is -2.05. The van der Waals surface area contributed by atoms with Crippen LogP contribution in [-0.4, -0.2) is 33.8 Å². The average molecular weight is 318 g/mol. The molecule has 0 radical (unpaired) electrons. The highest BCUT2D eigenvalue weighted by Crippen LogP contribution is 2.34. The van der Waals surface area contributed by atoms with E-state index < -0.39 is 0 Å². The van der Waals surface area contributed by atoms with Gasteiger partial charge in [-0.25, -0.2) is 0 Å². The summed E-state index contributed by atoms with van der Waals surface area (Å²) in [5, 5.41) is 11.1. The summed E-state index contributed by atoms with van der Waals surface area (Å²) >= 11 is 5.14. The Balaban J connectivity index is 1.99. The van der Waals surface area contributed by atoms with Crippen molar-refractivity contribution in [2.75, 3.05) is 6.61 Å². The topological polar surface area (TPSA) is 64.4 Å². The monoisotopic (exact) mass is 318 g/mol. The standard InChI is InChI=1S/C15H18N4O2S/c1-4-20-13-6-11-5-9(2)21-14(11)7-12(13)8-16-19-10(3)17-18-15(19)22/h6-9H,4-5H2,1-3H3,(H,18,22)/b16-8-/t9-/m0/s1. The molecule has 1 aromatic carbocycles. The Morgan fingerprint density at radius 3 is 3.09 bits per heavy atom. The normalized spacial score (nSPS) is 16.8. The first-order valence-corrected chi connectivity index (χ1v) is 7.64. The number of aryl methyl sites for hydroxylation is 1. The van der Waals surface area contributed by atoms with Crippen molar-refractivity contribution in [1.82, 2.24) is 14.9 Å². The van der Waals surface area contributed by atoms with Gasteiger partial charge in [0.2, 0.25) is 4.77 Å². The van der Waals surface area contributed by atoms with Crippen LogP contribution in [0.25, 0.3) is 0 Å². The molecule has 7 heteroatoms. The molecule has 116 valence electrons. The molecule has 1 aromatic heterocycles. The lowest BCUT2D eigenvalue weighted by molar-refractivity contribution is 0.254. The summed E-state index contributed by atoms with van der Waals surface area (Å²) in [5.41, 5.74) is 2.03.